The lowest BCUT2D eigenvalue weighted by Crippen LogP contribution is -2.18. The van der Waals surface area contributed by atoms with Crippen molar-refractivity contribution in [1.82, 2.24) is 5.32 Å². The average molecular weight is 360 g/mol. The van der Waals surface area contributed by atoms with E-state index in [2.05, 4.69) is 16.1 Å². The fourth-order valence-corrected chi connectivity index (χ4v) is 2.41. The standard InChI is InChI=1S/C20H22F2N2O2/c1-15(17-7-9-18(10-8-17)26-20(21)22)24-14-16-5-4-6-19(13-16)25-12-3-2-11-23/h4-10,13,15,20,24H,2-3,12,14H2,1H3. The summed E-state index contributed by atoms with van der Waals surface area (Å²) in [6, 6.07) is 16.5. The van der Waals surface area contributed by atoms with Crippen molar-refractivity contribution in [3.63, 3.8) is 0 Å². The van der Waals surface area contributed by atoms with Crippen molar-refractivity contribution in [3.8, 4) is 17.6 Å². The van der Waals surface area contributed by atoms with E-state index in [-0.39, 0.29) is 11.8 Å². The molecule has 0 spiro atoms. The van der Waals surface area contributed by atoms with Crippen LogP contribution in [0.3, 0.4) is 0 Å². The third-order valence-electron chi connectivity index (χ3n) is 3.82. The molecule has 0 saturated carbocycles. The summed E-state index contributed by atoms with van der Waals surface area (Å²) in [6.07, 6.45) is 1.20. The van der Waals surface area contributed by atoms with Gasteiger partial charge in [-0.05, 0) is 48.7 Å². The SMILES string of the molecule is CC(NCc1cccc(OCCCC#N)c1)c1ccc(OC(F)F)cc1. The summed E-state index contributed by atoms with van der Waals surface area (Å²) in [4.78, 5) is 0. The normalized spacial score (nSPS) is 11.8. The maximum atomic E-state index is 12.2. The topological polar surface area (TPSA) is 54.3 Å². The van der Waals surface area contributed by atoms with Gasteiger partial charge >= 0.3 is 6.61 Å². The number of nitrogens with zero attached hydrogens (tertiary/aromatic N) is 1. The van der Waals surface area contributed by atoms with Crippen LogP contribution in [-0.4, -0.2) is 13.2 Å². The van der Waals surface area contributed by atoms with Gasteiger partial charge in [0.2, 0.25) is 0 Å². The van der Waals surface area contributed by atoms with Gasteiger partial charge in [-0.3, -0.25) is 0 Å². The number of ether oxygens (including phenoxy) is 2. The number of halogens is 2. The fraction of sp³-hybridized carbons (Fsp3) is 0.350. The summed E-state index contributed by atoms with van der Waals surface area (Å²) in [5.41, 5.74) is 2.06. The van der Waals surface area contributed by atoms with Crippen LogP contribution < -0.4 is 14.8 Å². The van der Waals surface area contributed by atoms with Gasteiger partial charge < -0.3 is 14.8 Å². The predicted octanol–water partition coefficient (Wildman–Crippen LogP) is 4.82. The minimum atomic E-state index is -2.81. The second kappa shape index (κ2) is 10.4. The van der Waals surface area contributed by atoms with E-state index in [1.165, 1.54) is 12.1 Å². The largest absolute Gasteiger partial charge is 0.494 e. The van der Waals surface area contributed by atoms with Crippen molar-refractivity contribution in [2.24, 2.45) is 0 Å². The fourth-order valence-electron chi connectivity index (χ4n) is 2.41. The highest BCUT2D eigenvalue weighted by Crippen LogP contribution is 2.20. The molecule has 0 bridgehead atoms. The van der Waals surface area contributed by atoms with Crippen molar-refractivity contribution in [2.45, 2.75) is 39.0 Å². The first-order chi connectivity index (χ1) is 12.6. The summed E-state index contributed by atoms with van der Waals surface area (Å²) in [5.74, 6) is 0.931. The monoisotopic (exact) mass is 360 g/mol. The molecule has 0 aromatic heterocycles. The lowest BCUT2D eigenvalue weighted by molar-refractivity contribution is -0.0498. The van der Waals surface area contributed by atoms with E-state index >= 15 is 0 Å². The molecule has 138 valence electrons. The van der Waals surface area contributed by atoms with Crippen LogP contribution in [0.2, 0.25) is 0 Å². The molecule has 2 rings (SSSR count). The number of unbranched alkanes of at least 4 members (excludes halogenated alkanes) is 1. The average Bonchev–Trinajstić information content (AvgIpc) is 2.64. The number of nitrogens with one attached hydrogen (secondary N) is 1. The molecule has 26 heavy (non-hydrogen) atoms. The molecule has 1 N–H and O–H groups in total. The van der Waals surface area contributed by atoms with E-state index < -0.39 is 6.61 Å². The highest BCUT2D eigenvalue weighted by molar-refractivity contribution is 5.30. The first kappa shape index (κ1) is 19.7. The summed E-state index contributed by atoms with van der Waals surface area (Å²) in [6.45, 7) is 0.357. The van der Waals surface area contributed by atoms with Crippen molar-refractivity contribution in [3.05, 3.63) is 59.7 Å². The third kappa shape index (κ3) is 6.69. The van der Waals surface area contributed by atoms with Crippen LogP contribution in [0, 0.1) is 11.3 Å². The molecular weight excluding hydrogens is 338 g/mol. The Balaban J connectivity index is 1.84. The van der Waals surface area contributed by atoms with Crippen LogP contribution in [0.4, 0.5) is 8.78 Å². The molecule has 0 saturated heterocycles. The Hall–Kier alpha value is -2.65. The van der Waals surface area contributed by atoms with Crippen molar-refractivity contribution < 1.29 is 18.3 Å². The minimum absolute atomic E-state index is 0.0517. The Kier molecular flexibility index (Phi) is 7.84. The first-order valence-electron chi connectivity index (χ1n) is 8.45. The molecule has 1 unspecified atom stereocenters. The Morgan fingerprint density at radius 2 is 1.88 bits per heavy atom. The molecule has 0 fully saturated rings. The predicted molar refractivity (Wildman–Crippen MR) is 95.1 cm³/mol. The number of hydrogen-bond acceptors (Lipinski definition) is 4. The van der Waals surface area contributed by atoms with Gasteiger partial charge in [-0.1, -0.05) is 24.3 Å². The number of nitriles is 1. The van der Waals surface area contributed by atoms with Gasteiger partial charge in [0.1, 0.15) is 11.5 Å². The molecule has 0 aliphatic rings. The van der Waals surface area contributed by atoms with Gasteiger partial charge in [0.05, 0.1) is 12.7 Å². The van der Waals surface area contributed by atoms with Gasteiger partial charge in [0.25, 0.3) is 0 Å². The van der Waals surface area contributed by atoms with Gasteiger partial charge in [0, 0.05) is 19.0 Å². The van der Waals surface area contributed by atoms with E-state index in [1.54, 1.807) is 12.1 Å². The Morgan fingerprint density at radius 3 is 2.58 bits per heavy atom. The summed E-state index contributed by atoms with van der Waals surface area (Å²) in [7, 11) is 0. The highest BCUT2D eigenvalue weighted by atomic mass is 19.3. The molecule has 2 aromatic rings. The molecular formula is C20H22F2N2O2. The zero-order valence-electron chi connectivity index (χ0n) is 14.6. The quantitative estimate of drug-likeness (QED) is 0.617. The number of benzene rings is 2. The molecule has 0 heterocycles. The van der Waals surface area contributed by atoms with Crippen molar-refractivity contribution >= 4 is 0 Å². The van der Waals surface area contributed by atoms with Crippen LogP contribution >= 0.6 is 0 Å². The Bertz CT molecular complexity index is 714. The lowest BCUT2D eigenvalue weighted by atomic mass is 10.1. The minimum Gasteiger partial charge on any atom is -0.494 e. The molecule has 0 aliphatic heterocycles. The summed E-state index contributed by atoms with van der Waals surface area (Å²) < 4.78 is 34.3. The van der Waals surface area contributed by atoms with Crippen LogP contribution in [-0.2, 0) is 6.54 Å². The van der Waals surface area contributed by atoms with Crippen molar-refractivity contribution in [2.75, 3.05) is 6.61 Å². The summed E-state index contributed by atoms with van der Waals surface area (Å²) in [5, 5.41) is 11.9. The second-order valence-corrected chi connectivity index (χ2v) is 5.81. The van der Waals surface area contributed by atoms with E-state index in [0.29, 0.717) is 26.0 Å². The van der Waals surface area contributed by atoms with Gasteiger partial charge in [0.15, 0.2) is 0 Å². The van der Waals surface area contributed by atoms with E-state index in [9.17, 15) is 8.78 Å². The molecule has 0 amide bonds. The van der Waals surface area contributed by atoms with Gasteiger partial charge in [-0.2, -0.15) is 14.0 Å². The number of alkyl halides is 2. The molecule has 6 heteroatoms. The summed E-state index contributed by atoms with van der Waals surface area (Å²) >= 11 is 0. The first-order valence-corrected chi connectivity index (χ1v) is 8.45. The molecule has 0 radical (unpaired) electrons. The molecule has 2 aromatic carbocycles. The van der Waals surface area contributed by atoms with Crippen LogP contribution in [0.25, 0.3) is 0 Å². The maximum Gasteiger partial charge on any atom is 0.387 e. The second-order valence-electron chi connectivity index (χ2n) is 5.81. The molecule has 1 atom stereocenters. The van der Waals surface area contributed by atoms with Crippen LogP contribution in [0.15, 0.2) is 48.5 Å². The molecule has 4 nitrogen and oxygen atoms in total. The van der Waals surface area contributed by atoms with E-state index in [1.807, 2.05) is 31.2 Å². The highest BCUT2D eigenvalue weighted by Gasteiger charge is 2.08. The Labute approximate surface area is 152 Å². The Morgan fingerprint density at radius 1 is 1.12 bits per heavy atom. The van der Waals surface area contributed by atoms with Crippen LogP contribution in [0.1, 0.15) is 36.9 Å². The lowest BCUT2D eigenvalue weighted by Gasteiger charge is -2.15. The van der Waals surface area contributed by atoms with Crippen molar-refractivity contribution in [1.29, 1.82) is 5.26 Å². The third-order valence-corrected chi connectivity index (χ3v) is 3.82. The van der Waals surface area contributed by atoms with Gasteiger partial charge in [-0.15, -0.1) is 0 Å². The maximum absolute atomic E-state index is 12.2. The zero-order valence-corrected chi connectivity index (χ0v) is 14.6. The smallest absolute Gasteiger partial charge is 0.387 e. The number of rotatable bonds is 10. The zero-order chi connectivity index (χ0) is 18.8. The van der Waals surface area contributed by atoms with Gasteiger partial charge in [-0.25, -0.2) is 0 Å². The van der Waals surface area contributed by atoms with E-state index in [0.717, 1.165) is 16.9 Å². The number of hydrogen-bond donors (Lipinski definition) is 1. The van der Waals surface area contributed by atoms with E-state index in [4.69, 9.17) is 10.00 Å². The van der Waals surface area contributed by atoms with Crippen LogP contribution in [0.5, 0.6) is 11.5 Å². The molecule has 0 aliphatic carbocycles.